The molecule has 106 valence electrons. The average molecular weight is 265 g/mol. The summed E-state index contributed by atoms with van der Waals surface area (Å²) in [5, 5.41) is 10.9. The van der Waals surface area contributed by atoms with Crippen molar-refractivity contribution >= 4 is 5.91 Å². The van der Waals surface area contributed by atoms with Crippen LogP contribution in [0.5, 0.6) is 5.75 Å². The monoisotopic (exact) mass is 265 g/mol. The molecule has 0 bridgehead atoms. The van der Waals surface area contributed by atoms with Gasteiger partial charge in [0.15, 0.2) is 0 Å². The highest BCUT2D eigenvalue weighted by molar-refractivity contribution is 5.79. The molecule has 0 heterocycles. The van der Waals surface area contributed by atoms with Crippen molar-refractivity contribution in [2.45, 2.75) is 25.9 Å². The van der Waals surface area contributed by atoms with Crippen molar-refractivity contribution in [3.8, 4) is 5.75 Å². The number of hydrogen-bond donors (Lipinski definition) is 1. The fourth-order valence-corrected chi connectivity index (χ4v) is 2.24. The standard InChI is InChI=1S/C15H23NO3/c1-6-15(18,11(2)14(17)16(3)4)12-8-7-9-13(10-12)19-5/h7-11,18H,6H2,1-5H3/t11-,15?/m1/s1. The minimum Gasteiger partial charge on any atom is -0.497 e. The molecule has 1 aromatic carbocycles. The predicted molar refractivity (Wildman–Crippen MR) is 75.0 cm³/mol. The maximum absolute atomic E-state index is 12.1. The summed E-state index contributed by atoms with van der Waals surface area (Å²) in [6.45, 7) is 3.63. The Hall–Kier alpha value is -1.55. The van der Waals surface area contributed by atoms with E-state index < -0.39 is 11.5 Å². The molecule has 1 rings (SSSR count). The topological polar surface area (TPSA) is 49.8 Å². The number of methoxy groups -OCH3 is 1. The number of carbonyl (C=O) groups is 1. The van der Waals surface area contributed by atoms with Crippen molar-refractivity contribution in [3.63, 3.8) is 0 Å². The molecule has 19 heavy (non-hydrogen) atoms. The van der Waals surface area contributed by atoms with Crippen molar-refractivity contribution in [3.05, 3.63) is 29.8 Å². The first-order chi connectivity index (χ1) is 8.86. The van der Waals surface area contributed by atoms with Crippen LogP contribution in [-0.2, 0) is 10.4 Å². The summed E-state index contributed by atoms with van der Waals surface area (Å²) in [5.74, 6) is 0.0700. The van der Waals surface area contributed by atoms with Gasteiger partial charge in [0.2, 0.25) is 5.91 Å². The molecule has 0 radical (unpaired) electrons. The molecule has 1 N–H and O–H groups in total. The Kier molecular flexibility index (Phi) is 4.95. The molecule has 0 spiro atoms. The molecule has 0 aliphatic rings. The lowest BCUT2D eigenvalue weighted by atomic mass is 9.79. The smallest absolute Gasteiger partial charge is 0.228 e. The van der Waals surface area contributed by atoms with E-state index in [1.165, 1.54) is 4.90 Å². The Balaban J connectivity index is 3.18. The zero-order chi connectivity index (χ0) is 14.6. The number of rotatable bonds is 5. The number of hydrogen-bond acceptors (Lipinski definition) is 3. The molecule has 0 saturated carbocycles. The molecule has 4 heteroatoms. The number of amides is 1. The summed E-state index contributed by atoms with van der Waals surface area (Å²) < 4.78 is 5.18. The van der Waals surface area contributed by atoms with Crippen molar-refractivity contribution in [1.29, 1.82) is 0 Å². The quantitative estimate of drug-likeness (QED) is 0.886. The minimum absolute atomic E-state index is 0.0906. The van der Waals surface area contributed by atoms with E-state index in [1.54, 1.807) is 34.2 Å². The van der Waals surface area contributed by atoms with E-state index in [-0.39, 0.29) is 5.91 Å². The number of ether oxygens (including phenoxy) is 1. The van der Waals surface area contributed by atoms with Crippen LogP contribution in [0.15, 0.2) is 24.3 Å². The molecule has 4 nitrogen and oxygen atoms in total. The van der Waals surface area contributed by atoms with Gasteiger partial charge in [0.05, 0.1) is 13.0 Å². The second kappa shape index (κ2) is 6.06. The highest BCUT2D eigenvalue weighted by atomic mass is 16.5. The van der Waals surface area contributed by atoms with Gasteiger partial charge in [0.1, 0.15) is 11.4 Å². The molecular weight excluding hydrogens is 242 g/mol. The Morgan fingerprint density at radius 2 is 2.11 bits per heavy atom. The van der Waals surface area contributed by atoms with Crippen LogP contribution in [0.3, 0.4) is 0 Å². The zero-order valence-corrected chi connectivity index (χ0v) is 12.3. The Morgan fingerprint density at radius 1 is 1.47 bits per heavy atom. The van der Waals surface area contributed by atoms with E-state index in [2.05, 4.69) is 0 Å². The SMILES string of the molecule is CCC(O)(c1cccc(OC)c1)[C@H](C)C(=O)N(C)C. The van der Waals surface area contributed by atoms with Crippen LogP contribution >= 0.6 is 0 Å². The molecule has 0 saturated heterocycles. The largest absolute Gasteiger partial charge is 0.497 e. The van der Waals surface area contributed by atoms with Gasteiger partial charge >= 0.3 is 0 Å². The summed E-state index contributed by atoms with van der Waals surface area (Å²) >= 11 is 0. The summed E-state index contributed by atoms with van der Waals surface area (Å²) in [5.41, 5.74) is -0.479. The number of aliphatic hydroxyl groups is 1. The van der Waals surface area contributed by atoms with Crippen LogP contribution in [0.1, 0.15) is 25.8 Å². The molecule has 1 unspecified atom stereocenters. The zero-order valence-electron chi connectivity index (χ0n) is 12.3. The lowest BCUT2D eigenvalue weighted by Crippen LogP contribution is -2.42. The van der Waals surface area contributed by atoms with Crippen molar-refractivity contribution in [2.75, 3.05) is 21.2 Å². The van der Waals surface area contributed by atoms with Gasteiger partial charge in [-0.15, -0.1) is 0 Å². The van der Waals surface area contributed by atoms with Crippen LogP contribution in [0.2, 0.25) is 0 Å². The summed E-state index contributed by atoms with van der Waals surface area (Å²) in [6.07, 6.45) is 0.459. The van der Waals surface area contributed by atoms with Crippen molar-refractivity contribution in [1.82, 2.24) is 4.90 Å². The third-order valence-corrected chi connectivity index (χ3v) is 3.64. The fourth-order valence-electron chi connectivity index (χ4n) is 2.24. The fraction of sp³-hybridized carbons (Fsp3) is 0.533. The van der Waals surface area contributed by atoms with Crippen molar-refractivity contribution in [2.24, 2.45) is 5.92 Å². The number of nitrogens with zero attached hydrogens (tertiary/aromatic N) is 1. The maximum Gasteiger partial charge on any atom is 0.228 e. The summed E-state index contributed by atoms with van der Waals surface area (Å²) in [6, 6.07) is 7.24. The molecular formula is C15H23NO3. The summed E-state index contributed by atoms with van der Waals surface area (Å²) in [4.78, 5) is 13.6. The highest BCUT2D eigenvalue weighted by Gasteiger charge is 2.39. The third kappa shape index (κ3) is 3.07. The first-order valence-electron chi connectivity index (χ1n) is 6.44. The van der Waals surface area contributed by atoms with E-state index in [0.717, 1.165) is 0 Å². The first-order valence-corrected chi connectivity index (χ1v) is 6.44. The first kappa shape index (κ1) is 15.5. The van der Waals surface area contributed by atoms with Gasteiger partial charge in [-0.2, -0.15) is 0 Å². The van der Waals surface area contributed by atoms with Crippen LogP contribution < -0.4 is 4.74 Å². The Morgan fingerprint density at radius 3 is 2.58 bits per heavy atom. The second-order valence-corrected chi connectivity index (χ2v) is 4.96. The Bertz CT molecular complexity index is 445. The van der Waals surface area contributed by atoms with Crippen molar-refractivity contribution < 1.29 is 14.6 Å². The van der Waals surface area contributed by atoms with E-state index in [4.69, 9.17) is 4.74 Å². The van der Waals surface area contributed by atoms with Gasteiger partial charge in [-0.3, -0.25) is 4.79 Å². The number of carbonyl (C=O) groups excluding carboxylic acids is 1. The van der Waals surface area contributed by atoms with Gasteiger partial charge in [-0.05, 0) is 24.1 Å². The molecule has 2 atom stereocenters. The van der Waals surface area contributed by atoms with Gasteiger partial charge < -0.3 is 14.7 Å². The molecule has 0 aliphatic heterocycles. The molecule has 0 fully saturated rings. The molecule has 0 aromatic heterocycles. The third-order valence-electron chi connectivity index (χ3n) is 3.64. The van der Waals surface area contributed by atoms with E-state index in [9.17, 15) is 9.90 Å². The predicted octanol–water partition coefficient (Wildman–Crippen LogP) is 2.02. The van der Waals surface area contributed by atoms with Crippen LogP contribution in [0.25, 0.3) is 0 Å². The normalized spacial score (nSPS) is 15.5. The van der Waals surface area contributed by atoms with Gasteiger partial charge in [0.25, 0.3) is 0 Å². The molecule has 0 aliphatic carbocycles. The Labute approximate surface area is 115 Å². The average Bonchev–Trinajstić information content (AvgIpc) is 2.44. The van der Waals surface area contributed by atoms with E-state index in [1.807, 2.05) is 25.1 Å². The van der Waals surface area contributed by atoms with Crippen LogP contribution in [0, 0.1) is 5.92 Å². The van der Waals surface area contributed by atoms with Gasteiger partial charge in [0, 0.05) is 14.1 Å². The van der Waals surface area contributed by atoms with Gasteiger partial charge in [-0.1, -0.05) is 26.0 Å². The number of benzene rings is 1. The van der Waals surface area contributed by atoms with Crippen LogP contribution in [0.4, 0.5) is 0 Å². The maximum atomic E-state index is 12.1. The molecule has 1 aromatic rings. The van der Waals surface area contributed by atoms with Crippen LogP contribution in [-0.4, -0.2) is 37.1 Å². The second-order valence-electron chi connectivity index (χ2n) is 4.96. The van der Waals surface area contributed by atoms with E-state index in [0.29, 0.717) is 17.7 Å². The minimum atomic E-state index is -1.18. The molecule has 1 amide bonds. The highest BCUT2D eigenvalue weighted by Crippen LogP contribution is 2.35. The van der Waals surface area contributed by atoms with E-state index >= 15 is 0 Å². The lowest BCUT2D eigenvalue weighted by Gasteiger charge is -2.34. The van der Waals surface area contributed by atoms with Gasteiger partial charge in [-0.25, -0.2) is 0 Å². The summed E-state index contributed by atoms with van der Waals surface area (Å²) in [7, 11) is 4.97. The lowest BCUT2D eigenvalue weighted by molar-refractivity contribution is -0.143.